The first kappa shape index (κ1) is 13.7. The maximum absolute atomic E-state index is 12.9. The maximum Gasteiger partial charge on any atom is 0.316 e. The van der Waals surface area contributed by atoms with Crippen LogP contribution in [-0.4, -0.2) is 11.9 Å². The first-order chi connectivity index (χ1) is 6.88. The highest BCUT2D eigenvalue weighted by Crippen LogP contribution is 2.14. The summed E-state index contributed by atoms with van der Waals surface area (Å²) in [5, 5.41) is 9.19. The molecule has 0 amide bonds. The van der Waals surface area contributed by atoms with Crippen molar-refractivity contribution in [2.24, 2.45) is 0 Å². The molecule has 0 saturated carbocycles. The molecule has 0 atom stereocenters. The van der Waals surface area contributed by atoms with E-state index in [0.717, 1.165) is 6.08 Å². The minimum absolute atomic E-state index is 0.102. The van der Waals surface area contributed by atoms with E-state index in [2.05, 4.69) is 13.2 Å². The van der Waals surface area contributed by atoms with Crippen LogP contribution in [0.5, 0.6) is 0 Å². The Morgan fingerprint density at radius 1 is 1.47 bits per heavy atom. The molecule has 0 radical (unpaired) electrons. The summed E-state index contributed by atoms with van der Waals surface area (Å²) in [4.78, 5) is 0. The Labute approximate surface area is 90.6 Å². The molecule has 0 unspecified atom stereocenters. The van der Waals surface area contributed by atoms with Gasteiger partial charge < -0.3 is 9.76 Å². The molecular formula is C11H16BFO2. The van der Waals surface area contributed by atoms with Crippen molar-refractivity contribution in [2.75, 3.05) is 0 Å². The highest BCUT2D eigenvalue weighted by Gasteiger charge is 2.06. The van der Waals surface area contributed by atoms with E-state index >= 15 is 0 Å². The summed E-state index contributed by atoms with van der Waals surface area (Å²) in [6.45, 7) is 11.1. The molecule has 0 aromatic rings. The normalized spacial score (nSPS) is 13.0. The van der Waals surface area contributed by atoms with E-state index in [0.29, 0.717) is 5.47 Å². The van der Waals surface area contributed by atoms with Crippen molar-refractivity contribution in [1.82, 2.24) is 0 Å². The van der Waals surface area contributed by atoms with Crippen LogP contribution in [0.15, 0.2) is 48.1 Å². The van der Waals surface area contributed by atoms with Crippen LogP contribution in [0.3, 0.4) is 0 Å². The summed E-state index contributed by atoms with van der Waals surface area (Å²) in [6.07, 6.45) is 2.62. The van der Waals surface area contributed by atoms with Gasteiger partial charge in [0.05, 0.1) is 0 Å². The minimum Gasteiger partial charge on any atom is -0.460 e. The monoisotopic (exact) mass is 210 g/mol. The van der Waals surface area contributed by atoms with Gasteiger partial charge >= 0.3 is 6.92 Å². The molecule has 0 aliphatic rings. The van der Waals surface area contributed by atoms with Gasteiger partial charge in [0.15, 0.2) is 5.83 Å². The van der Waals surface area contributed by atoms with Crippen LogP contribution in [0, 0.1) is 0 Å². The highest BCUT2D eigenvalue weighted by atomic mass is 19.1. The van der Waals surface area contributed by atoms with Crippen molar-refractivity contribution in [1.29, 1.82) is 0 Å². The molecule has 15 heavy (non-hydrogen) atoms. The zero-order chi connectivity index (χ0) is 12.0. The first-order valence-corrected chi connectivity index (χ1v) is 4.60. The molecule has 0 aromatic carbocycles. The molecule has 82 valence electrons. The molecule has 0 rings (SSSR count). The third-order valence-corrected chi connectivity index (χ3v) is 1.85. The van der Waals surface area contributed by atoms with E-state index in [1.807, 2.05) is 0 Å². The topological polar surface area (TPSA) is 29.5 Å². The Balaban J connectivity index is 4.53. The molecule has 2 nitrogen and oxygen atoms in total. The molecule has 0 aliphatic carbocycles. The van der Waals surface area contributed by atoms with Gasteiger partial charge in [0.25, 0.3) is 0 Å². The van der Waals surface area contributed by atoms with Crippen LogP contribution < -0.4 is 0 Å². The van der Waals surface area contributed by atoms with Gasteiger partial charge in [-0.1, -0.05) is 25.5 Å². The first-order valence-electron chi connectivity index (χ1n) is 4.60. The largest absolute Gasteiger partial charge is 0.460 e. The van der Waals surface area contributed by atoms with Crippen LogP contribution >= 0.6 is 0 Å². The zero-order valence-corrected chi connectivity index (χ0v) is 9.38. The quantitative estimate of drug-likeness (QED) is 0.429. The minimum atomic E-state index is -0.570. The lowest BCUT2D eigenvalue weighted by atomic mass is 9.64. The summed E-state index contributed by atoms with van der Waals surface area (Å²) >= 11 is 0. The predicted molar refractivity (Wildman–Crippen MR) is 61.8 cm³/mol. The Kier molecular flexibility index (Phi) is 5.71. The summed E-state index contributed by atoms with van der Waals surface area (Å²) in [5.41, 5.74) is 0.701. The molecule has 0 spiro atoms. The number of rotatable bonds is 5. The third-order valence-electron chi connectivity index (χ3n) is 1.85. The van der Waals surface area contributed by atoms with Crippen molar-refractivity contribution in [3.8, 4) is 0 Å². The van der Waals surface area contributed by atoms with E-state index in [4.69, 9.17) is 4.74 Å². The third kappa shape index (κ3) is 5.22. The zero-order valence-electron chi connectivity index (χ0n) is 9.38. The van der Waals surface area contributed by atoms with Crippen molar-refractivity contribution in [3.63, 3.8) is 0 Å². The standard InChI is InChI=1S/C11H16BFO2/c1-6-11(13)10(4)15-9(3)7-8(2)12(5)14/h6-7,14H,1,3H2,2,4-5H3. The second-order valence-electron chi connectivity index (χ2n) is 3.24. The van der Waals surface area contributed by atoms with E-state index in [-0.39, 0.29) is 11.5 Å². The molecule has 0 aromatic heterocycles. The number of ether oxygens (including phenoxy) is 1. The number of allylic oxidation sites excluding steroid dienone is 5. The van der Waals surface area contributed by atoms with Gasteiger partial charge in [0.1, 0.15) is 11.5 Å². The van der Waals surface area contributed by atoms with Crippen molar-refractivity contribution < 1.29 is 14.2 Å². The molecular weight excluding hydrogens is 194 g/mol. The second-order valence-corrected chi connectivity index (χ2v) is 3.24. The van der Waals surface area contributed by atoms with Gasteiger partial charge in [-0.3, -0.25) is 0 Å². The maximum atomic E-state index is 12.9. The summed E-state index contributed by atoms with van der Waals surface area (Å²) in [5.74, 6) is -0.146. The number of hydrogen-bond acceptors (Lipinski definition) is 2. The van der Waals surface area contributed by atoms with E-state index in [1.165, 1.54) is 6.92 Å². The van der Waals surface area contributed by atoms with E-state index < -0.39 is 12.7 Å². The smallest absolute Gasteiger partial charge is 0.316 e. The van der Waals surface area contributed by atoms with Crippen LogP contribution in [0.25, 0.3) is 0 Å². The summed E-state index contributed by atoms with van der Waals surface area (Å²) in [7, 11) is 0. The average Bonchev–Trinajstić information content (AvgIpc) is 2.15. The van der Waals surface area contributed by atoms with Crippen LogP contribution in [0.1, 0.15) is 13.8 Å². The van der Waals surface area contributed by atoms with Gasteiger partial charge in [0, 0.05) is 0 Å². The number of hydrogen-bond donors (Lipinski definition) is 1. The van der Waals surface area contributed by atoms with Crippen LogP contribution in [0.2, 0.25) is 6.82 Å². The molecule has 0 saturated heterocycles. The fourth-order valence-corrected chi connectivity index (χ4v) is 0.793. The van der Waals surface area contributed by atoms with Crippen molar-refractivity contribution in [2.45, 2.75) is 20.7 Å². The lowest BCUT2D eigenvalue weighted by Crippen LogP contribution is -2.08. The van der Waals surface area contributed by atoms with Gasteiger partial charge in [-0.2, -0.15) is 0 Å². The SMILES string of the molecule is C=CC(F)=C(C)OC(=C)C=C(C)B(C)O. The summed E-state index contributed by atoms with van der Waals surface area (Å²) in [6, 6.07) is 0. The number of halogens is 1. The fourth-order valence-electron chi connectivity index (χ4n) is 0.793. The lowest BCUT2D eigenvalue weighted by Gasteiger charge is -2.07. The van der Waals surface area contributed by atoms with Gasteiger partial charge in [0.2, 0.25) is 0 Å². The van der Waals surface area contributed by atoms with Crippen molar-refractivity contribution >= 4 is 6.92 Å². The Hall–Kier alpha value is -1.29. The van der Waals surface area contributed by atoms with Gasteiger partial charge in [-0.25, -0.2) is 4.39 Å². The molecule has 0 fully saturated rings. The summed E-state index contributed by atoms with van der Waals surface area (Å²) < 4.78 is 18.0. The second kappa shape index (κ2) is 6.25. The van der Waals surface area contributed by atoms with Gasteiger partial charge in [-0.15, -0.1) is 0 Å². The van der Waals surface area contributed by atoms with Crippen LogP contribution in [0.4, 0.5) is 4.39 Å². The fraction of sp³-hybridized carbons (Fsp3) is 0.273. The molecule has 0 aliphatic heterocycles. The highest BCUT2D eigenvalue weighted by molar-refractivity contribution is 6.57. The molecule has 1 N–H and O–H groups in total. The molecule has 4 heteroatoms. The van der Waals surface area contributed by atoms with E-state index in [1.54, 1.807) is 19.8 Å². The van der Waals surface area contributed by atoms with Crippen LogP contribution in [-0.2, 0) is 4.74 Å². The van der Waals surface area contributed by atoms with Gasteiger partial charge in [-0.05, 0) is 26.0 Å². The Morgan fingerprint density at radius 2 is 2.00 bits per heavy atom. The average molecular weight is 210 g/mol. The Bertz CT molecular complexity index is 317. The molecule has 0 heterocycles. The lowest BCUT2D eigenvalue weighted by molar-refractivity contribution is 0.308. The molecule has 0 bridgehead atoms. The van der Waals surface area contributed by atoms with Crippen molar-refractivity contribution in [3.05, 3.63) is 48.1 Å². The predicted octanol–water partition coefficient (Wildman–Crippen LogP) is 3.00. The van der Waals surface area contributed by atoms with E-state index in [9.17, 15) is 9.41 Å². The Morgan fingerprint density at radius 3 is 2.40 bits per heavy atom.